The molecule has 4 amide bonds. The van der Waals surface area contributed by atoms with Gasteiger partial charge in [-0.05, 0) is 85.0 Å². The Morgan fingerprint density at radius 3 is 2.32 bits per heavy atom. The van der Waals surface area contributed by atoms with E-state index in [1.807, 2.05) is 24.3 Å². The van der Waals surface area contributed by atoms with Crippen LogP contribution in [0.1, 0.15) is 45.5 Å². The van der Waals surface area contributed by atoms with Crippen LogP contribution in [-0.2, 0) is 49.4 Å². The van der Waals surface area contributed by atoms with Crippen molar-refractivity contribution >= 4 is 46.3 Å². The molecule has 1 unspecified atom stereocenters. The second-order valence-corrected chi connectivity index (χ2v) is 17.7. The van der Waals surface area contributed by atoms with E-state index in [-0.39, 0.29) is 61.6 Å². The van der Waals surface area contributed by atoms with Crippen LogP contribution >= 0.6 is 11.6 Å². The van der Waals surface area contributed by atoms with Gasteiger partial charge in [0.05, 0.1) is 55.3 Å². The molecule has 2 aromatic heterocycles. The number of benzene rings is 4. The molecular formula is C50H50ClF3N8O9. The van der Waals surface area contributed by atoms with E-state index in [9.17, 15) is 37.1 Å². The number of amides is 4. The van der Waals surface area contributed by atoms with Crippen LogP contribution in [0.15, 0.2) is 89.7 Å². The molecule has 0 saturated carbocycles. The first kappa shape index (κ1) is 49.0. The van der Waals surface area contributed by atoms with Crippen molar-refractivity contribution in [2.45, 2.75) is 44.4 Å². The Kier molecular flexibility index (Phi) is 14.9. The number of ether oxygens (including phenoxy) is 4. The van der Waals surface area contributed by atoms with Crippen LogP contribution < -0.4 is 20.3 Å². The number of aryl methyl sites for hydroxylation is 1. The summed E-state index contributed by atoms with van der Waals surface area (Å²) in [7, 11) is 0. The third-order valence-electron chi connectivity index (χ3n) is 12.8. The highest BCUT2D eigenvalue weighted by atomic mass is 35.5. The number of H-pyrrole nitrogens is 2. The van der Waals surface area contributed by atoms with Crippen molar-refractivity contribution < 1.29 is 51.3 Å². The molecular weight excluding hydrogens is 949 g/mol. The number of rotatable bonds is 19. The summed E-state index contributed by atoms with van der Waals surface area (Å²) in [5, 5.41) is 5.86. The van der Waals surface area contributed by atoms with Gasteiger partial charge < -0.3 is 33.7 Å². The number of carbonyl (C=O) groups excluding carboxylic acids is 4. The number of alkyl halides is 3. The lowest BCUT2D eigenvalue weighted by molar-refractivity contribution is -0.138. The Hall–Kier alpha value is -7.00. The predicted octanol–water partition coefficient (Wildman–Crippen LogP) is 5.56. The summed E-state index contributed by atoms with van der Waals surface area (Å²) in [6.45, 7) is 5.08. The Morgan fingerprint density at radius 1 is 0.831 bits per heavy atom. The fourth-order valence-corrected chi connectivity index (χ4v) is 9.06. The van der Waals surface area contributed by atoms with Gasteiger partial charge in [-0.2, -0.15) is 17.9 Å². The van der Waals surface area contributed by atoms with Gasteiger partial charge in [0.15, 0.2) is 6.61 Å². The molecule has 5 heterocycles. The van der Waals surface area contributed by atoms with Crippen molar-refractivity contribution in [2.24, 2.45) is 0 Å². The van der Waals surface area contributed by atoms with Crippen molar-refractivity contribution in [3.05, 3.63) is 128 Å². The van der Waals surface area contributed by atoms with E-state index < -0.39 is 23.7 Å². The molecule has 0 aliphatic carbocycles. The Morgan fingerprint density at radius 2 is 1.58 bits per heavy atom. The van der Waals surface area contributed by atoms with Gasteiger partial charge in [0.25, 0.3) is 17.4 Å². The highest BCUT2D eigenvalue weighted by molar-refractivity contribution is 6.31. The van der Waals surface area contributed by atoms with E-state index in [0.29, 0.717) is 128 Å². The minimum absolute atomic E-state index is 0.158. The first-order chi connectivity index (χ1) is 34.3. The van der Waals surface area contributed by atoms with Gasteiger partial charge in [0.1, 0.15) is 24.1 Å². The van der Waals surface area contributed by atoms with E-state index in [2.05, 4.69) is 25.3 Å². The van der Waals surface area contributed by atoms with Crippen LogP contribution in [0, 0.1) is 0 Å². The topological polar surface area (TPSA) is 193 Å². The van der Waals surface area contributed by atoms with Crippen LogP contribution in [0.3, 0.4) is 0 Å². The Labute approximate surface area is 409 Å². The average Bonchev–Trinajstić information content (AvgIpc) is 4.04. The maximum Gasteiger partial charge on any atom is 0.416 e. The number of imidazole rings is 1. The molecule has 2 saturated heterocycles. The number of aromatic amines is 2. The number of hydrogen-bond donors (Lipinski definition) is 3. The van der Waals surface area contributed by atoms with Crippen LogP contribution in [0.4, 0.5) is 13.2 Å². The first-order valence-corrected chi connectivity index (χ1v) is 23.6. The van der Waals surface area contributed by atoms with Crippen LogP contribution in [0.25, 0.3) is 28.2 Å². The maximum atomic E-state index is 13.9. The second kappa shape index (κ2) is 21.6. The van der Waals surface area contributed by atoms with E-state index in [0.717, 1.165) is 17.7 Å². The number of fused-ring (bicyclic) bond motifs is 2. The number of imide groups is 1. The molecule has 3 aliphatic rings. The number of nitrogens with zero attached hydrogens (tertiary/aromatic N) is 5. The van der Waals surface area contributed by atoms with Gasteiger partial charge >= 0.3 is 6.18 Å². The molecule has 1 atom stereocenters. The molecule has 9 rings (SSSR count). The zero-order valence-corrected chi connectivity index (χ0v) is 39.2. The number of aromatic nitrogens is 4. The van der Waals surface area contributed by atoms with E-state index in [1.165, 1.54) is 21.7 Å². The zero-order chi connectivity index (χ0) is 49.6. The molecule has 0 radical (unpaired) electrons. The third kappa shape index (κ3) is 11.5. The molecule has 372 valence electrons. The number of halogens is 4. The van der Waals surface area contributed by atoms with E-state index >= 15 is 0 Å². The standard InChI is InChI=1S/C50H50ClF3N8O9/c51-34-11-15-39-40(28-34)56-49(55-39)62-48(67)37(45(58-62)32-7-9-33(10-8-32)50(52,53)54)14-6-31-4-12-35(13-5-31)70-27-26-69-25-24-68-23-22-59-18-20-60(21-19-59)44(64)30-71-42-3-1-2-36-38(42)29-61(47(36)66)41-16-17-43(63)57-46(41)65/h1-5,7-13,15,28,41,58H,6,14,16-27,29-30H2,(H,55,56)(H,57,63,65). The van der Waals surface area contributed by atoms with E-state index in [4.69, 9.17) is 30.5 Å². The quantitative estimate of drug-likeness (QED) is 0.0680. The highest BCUT2D eigenvalue weighted by Crippen LogP contribution is 2.34. The lowest BCUT2D eigenvalue weighted by Gasteiger charge is -2.34. The van der Waals surface area contributed by atoms with Crippen molar-refractivity contribution in [1.29, 1.82) is 0 Å². The molecule has 3 aliphatic heterocycles. The summed E-state index contributed by atoms with van der Waals surface area (Å²) < 4.78 is 64.6. The molecule has 0 bridgehead atoms. The number of hydrogen-bond acceptors (Lipinski definition) is 11. The summed E-state index contributed by atoms with van der Waals surface area (Å²) in [5.74, 6) is -0.0332. The van der Waals surface area contributed by atoms with Crippen LogP contribution in [0.5, 0.6) is 11.5 Å². The minimum Gasteiger partial charge on any atom is -0.491 e. The van der Waals surface area contributed by atoms with Gasteiger partial charge in [-0.15, -0.1) is 0 Å². The lowest BCUT2D eigenvalue weighted by Crippen LogP contribution is -2.52. The summed E-state index contributed by atoms with van der Waals surface area (Å²) in [5.41, 5.74) is 3.18. The molecule has 17 nitrogen and oxygen atoms in total. The summed E-state index contributed by atoms with van der Waals surface area (Å²) in [4.78, 5) is 77.2. The lowest BCUT2D eigenvalue weighted by atomic mass is 10.0. The second-order valence-electron chi connectivity index (χ2n) is 17.3. The third-order valence-corrected chi connectivity index (χ3v) is 13.0. The number of piperazine rings is 1. The number of carbonyl (C=O) groups is 4. The summed E-state index contributed by atoms with van der Waals surface area (Å²) >= 11 is 6.15. The fraction of sp³-hybridized carbons (Fsp3) is 0.360. The SMILES string of the molecule is O=C1CCC(N2Cc3c(OCC(=O)N4CCN(CCOCCOCCOc5ccc(CCc6c(-c7ccc(C(F)(F)F)cc7)[nH]n(-c7nc8ccc(Cl)cc8[nH]7)c6=O)cc5)CC4)cccc3C2=O)C(=O)N1. The minimum atomic E-state index is -4.50. The largest absolute Gasteiger partial charge is 0.491 e. The van der Waals surface area contributed by atoms with E-state index in [1.54, 1.807) is 41.3 Å². The molecule has 71 heavy (non-hydrogen) atoms. The van der Waals surface area contributed by atoms with Gasteiger partial charge in [0, 0.05) is 60.9 Å². The molecule has 21 heteroatoms. The maximum absolute atomic E-state index is 13.9. The number of piperidine rings is 1. The van der Waals surface area contributed by atoms with Crippen LogP contribution in [-0.4, -0.2) is 136 Å². The Bertz CT molecular complexity index is 2970. The fourth-order valence-electron chi connectivity index (χ4n) is 8.89. The molecule has 0 spiro atoms. The van der Waals surface area contributed by atoms with Crippen molar-refractivity contribution in [2.75, 3.05) is 72.4 Å². The molecule has 6 aromatic rings. The number of nitrogens with one attached hydrogen (secondary N) is 3. The molecule has 3 N–H and O–H groups in total. The van der Waals surface area contributed by atoms with Gasteiger partial charge in [0.2, 0.25) is 17.8 Å². The van der Waals surface area contributed by atoms with Crippen molar-refractivity contribution in [3.8, 4) is 28.7 Å². The first-order valence-electron chi connectivity index (χ1n) is 23.2. The van der Waals surface area contributed by atoms with Crippen molar-refractivity contribution in [1.82, 2.24) is 39.8 Å². The zero-order valence-electron chi connectivity index (χ0n) is 38.4. The van der Waals surface area contributed by atoms with Crippen molar-refractivity contribution in [3.63, 3.8) is 0 Å². The van der Waals surface area contributed by atoms with Gasteiger partial charge in [-0.25, -0.2) is 4.98 Å². The Balaban J connectivity index is 0.660. The smallest absolute Gasteiger partial charge is 0.416 e. The summed E-state index contributed by atoms with van der Waals surface area (Å²) in [6.07, 6.45) is -3.33. The van der Waals surface area contributed by atoms with Crippen LogP contribution in [0.2, 0.25) is 5.02 Å². The monoisotopic (exact) mass is 998 g/mol. The average molecular weight is 999 g/mol. The van der Waals surface area contributed by atoms with Gasteiger partial charge in [-0.1, -0.05) is 41.9 Å². The molecule has 4 aromatic carbocycles. The molecule has 2 fully saturated rings. The normalized spacial score (nSPS) is 16.5. The highest BCUT2D eigenvalue weighted by Gasteiger charge is 2.40. The summed E-state index contributed by atoms with van der Waals surface area (Å²) in [6, 6.07) is 21.5. The predicted molar refractivity (Wildman–Crippen MR) is 253 cm³/mol. The van der Waals surface area contributed by atoms with Gasteiger partial charge in [-0.3, -0.25) is 39.3 Å².